The van der Waals surface area contributed by atoms with E-state index in [0.29, 0.717) is 5.56 Å². The maximum Gasteiger partial charge on any atom is 0.252 e. The van der Waals surface area contributed by atoms with E-state index in [0.717, 1.165) is 31.3 Å². The molecule has 20 heavy (non-hydrogen) atoms. The zero-order valence-electron chi connectivity index (χ0n) is 12.5. The average Bonchev–Trinajstić information content (AvgIpc) is 2.43. The van der Waals surface area contributed by atoms with E-state index in [4.69, 9.17) is 0 Å². The minimum atomic E-state index is -0.0292. The molecule has 2 heterocycles. The molecule has 0 unspecified atom stereocenters. The standard InChI is InChI=1S/C16H25N3O/c1-13-9-14(2)12-19(11-13)8-4-7-18-16(20)15-5-3-6-17-10-15/h3,5-6,10,13-14H,4,7-9,11-12H2,1-2H3,(H,18,20)/t13-,14+. The highest BCUT2D eigenvalue weighted by atomic mass is 16.1. The molecule has 4 heteroatoms. The molecule has 1 amide bonds. The van der Waals surface area contributed by atoms with E-state index in [-0.39, 0.29) is 5.91 Å². The number of hydrogen-bond acceptors (Lipinski definition) is 3. The summed E-state index contributed by atoms with van der Waals surface area (Å²) in [6, 6.07) is 3.57. The van der Waals surface area contributed by atoms with Crippen molar-refractivity contribution in [3.05, 3.63) is 30.1 Å². The van der Waals surface area contributed by atoms with E-state index in [2.05, 4.69) is 29.0 Å². The van der Waals surface area contributed by atoms with Crippen molar-refractivity contribution in [1.82, 2.24) is 15.2 Å². The van der Waals surface area contributed by atoms with Gasteiger partial charge in [0.2, 0.25) is 0 Å². The molecule has 0 bridgehead atoms. The SMILES string of the molecule is C[C@@H]1C[C@H](C)CN(CCCNC(=O)c2cccnc2)C1. The molecule has 1 saturated heterocycles. The topological polar surface area (TPSA) is 45.2 Å². The molecular formula is C16H25N3O. The third kappa shape index (κ3) is 4.60. The van der Waals surface area contributed by atoms with Crippen LogP contribution in [-0.4, -0.2) is 42.0 Å². The van der Waals surface area contributed by atoms with Crippen LogP contribution in [0.15, 0.2) is 24.5 Å². The fourth-order valence-electron chi connectivity index (χ4n) is 3.08. The average molecular weight is 275 g/mol. The Hall–Kier alpha value is -1.42. The second kappa shape index (κ2) is 7.39. The number of aromatic nitrogens is 1. The van der Waals surface area contributed by atoms with Crippen LogP contribution in [-0.2, 0) is 0 Å². The van der Waals surface area contributed by atoms with Crippen molar-refractivity contribution in [3.8, 4) is 0 Å². The molecule has 0 spiro atoms. The van der Waals surface area contributed by atoms with Gasteiger partial charge in [0.05, 0.1) is 5.56 Å². The summed E-state index contributed by atoms with van der Waals surface area (Å²) < 4.78 is 0. The van der Waals surface area contributed by atoms with Crippen LogP contribution in [0.1, 0.15) is 37.0 Å². The number of hydrogen-bond donors (Lipinski definition) is 1. The van der Waals surface area contributed by atoms with Gasteiger partial charge in [0.25, 0.3) is 5.91 Å². The van der Waals surface area contributed by atoms with Crippen LogP contribution in [0.4, 0.5) is 0 Å². The van der Waals surface area contributed by atoms with Crippen molar-refractivity contribution in [3.63, 3.8) is 0 Å². The highest BCUT2D eigenvalue weighted by Crippen LogP contribution is 2.20. The Balaban J connectivity index is 1.65. The smallest absolute Gasteiger partial charge is 0.252 e. The number of likely N-dealkylation sites (tertiary alicyclic amines) is 1. The van der Waals surface area contributed by atoms with Crippen molar-refractivity contribution in [2.24, 2.45) is 11.8 Å². The normalized spacial score (nSPS) is 23.5. The molecule has 2 atom stereocenters. The summed E-state index contributed by atoms with van der Waals surface area (Å²) >= 11 is 0. The quantitative estimate of drug-likeness (QED) is 0.838. The number of carbonyl (C=O) groups is 1. The van der Waals surface area contributed by atoms with Crippen molar-refractivity contribution >= 4 is 5.91 Å². The molecule has 1 N–H and O–H groups in total. The lowest BCUT2D eigenvalue weighted by molar-refractivity contribution is 0.0947. The molecule has 1 fully saturated rings. The molecular weight excluding hydrogens is 250 g/mol. The molecule has 1 aromatic heterocycles. The van der Waals surface area contributed by atoms with Gasteiger partial charge in [-0.3, -0.25) is 9.78 Å². The van der Waals surface area contributed by atoms with Crippen molar-refractivity contribution in [1.29, 1.82) is 0 Å². The molecule has 4 nitrogen and oxygen atoms in total. The van der Waals surface area contributed by atoms with Gasteiger partial charge in [-0.2, -0.15) is 0 Å². The first kappa shape index (κ1) is 15.0. The lowest BCUT2D eigenvalue weighted by Gasteiger charge is -2.34. The van der Waals surface area contributed by atoms with Crippen molar-refractivity contribution < 1.29 is 4.79 Å². The van der Waals surface area contributed by atoms with Crippen LogP contribution in [0.3, 0.4) is 0 Å². The minimum Gasteiger partial charge on any atom is -0.352 e. The first-order valence-electron chi connectivity index (χ1n) is 7.55. The highest BCUT2D eigenvalue weighted by Gasteiger charge is 2.20. The Bertz CT molecular complexity index is 411. The summed E-state index contributed by atoms with van der Waals surface area (Å²) in [4.78, 5) is 18.3. The monoisotopic (exact) mass is 275 g/mol. The van der Waals surface area contributed by atoms with Gasteiger partial charge in [0.15, 0.2) is 0 Å². The maximum atomic E-state index is 11.8. The Labute approximate surface area is 121 Å². The molecule has 110 valence electrons. The Morgan fingerprint density at radius 2 is 2.15 bits per heavy atom. The third-order valence-electron chi connectivity index (χ3n) is 3.80. The summed E-state index contributed by atoms with van der Waals surface area (Å²) in [5.41, 5.74) is 0.632. The van der Waals surface area contributed by atoms with E-state index in [1.165, 1.54) is 19.5 Å². The molecule has 1 aliphatic rings. The first-order valence-corrected chi connectivity index (χ1v) is 7.55. The third-order valence-corrected chi connectivity index (χ3v) is 3.80. The highest BCUT2D eigenvalue weighted by molar-refractivity contribution is 5.93. The number of piperidine rings is 1. The fraction of sp³-hybridized carbons (Fsp3) is 0.625. The maximum absolute atomic E-state index is 11.8. The van der Waals surface area contributed by atoms with Gasteiger partial charge in [-0.25, -0.2) is 0 Å². The zero-order chi connectivity index (χ0) is 14.4. The van der Waals surface area contributed by atoms with Crippen molar-refractivity contribution in [2.45, 2.75) is 26.7 Å². The fourth-order valence-corrected chi connectivity index (χ4v) is 3.08. The molecule has 0 aliphatic carbocycles. The van der Waals surface area contributed by atoms with Crippen LogP contribution in [0.2, 0.25) is 0 Å². The number of nitrogens with zero attached hydrogens (tertiary/aromatic N) is 2. The van der Waals surface area contributed by atoms with Gasteiger partial charge < -0.3 is 10.2 Å². The number of amides is 1. The predicted molar refractivity (Wildman–Crippen MR) is 80.6 cm³/mol. The van der Waals surface area contributed by atoms with E-state index < -0.39 is 0 Å². The van der Waals surface area contributed by atoms with Crippen LogP contribution in [0, 0.1) is 11.8 Å². The molecule has 1 aliphatic heterocycles. The van der Waals surface area contributed by atoms with Gasteiger partial charge in [-0.15, -0.1) is 0 Å². The van der Waals surface area contributed by atoms with E-state index in [1.54, 1.807) is 24.5 Å². The van der Waals surface area contributed by atoms with Crippen LogP contribution >= 0.6 is 0 Å². The molecule has 0 radical (unpaired) electrons. The van der Waals surface area contributed by atoms with Crippen molar-refractivity contribution in [2.75, 3.05) is 26.2 Å². The van der Waals surface area contributed by atoms with Gasteiger partial charge in [-0.1, -0.05) is 13.8 Å². The second-order valence-corrected chi connectivity index (χ2v) is 6.06. The van der Waals surface area contributed by atoms with E-state index in [1.807, 2.05) is 0 Å². The summed E-state index contributed by atoms with van der Waals surface area (Å²) in [5, 5.41) is 2.96. The molecule has 1 aromatic rings. The summed E-state index contributed by atoms with van der Waals surface area (Å²) in [6.07, 6.45) is 5.62. The van der Waals surface area contributed by atoms with Crippen LogP contribution in [0.5, 0.6) is 0 Å². The summed E-state index contributed by atoms with van der Waals surface area (Å²) in [6.45, 7) is 8.84. The number of rotatable bonds is 5. The largest absolute Gasteiger partial charge is 0.352 e. The Morgan fingerprint density at radius 1 is 1.40 bits per heavy atom. The van der Waals surface area contributed by atoms with Gasteiger partial charge in [0.1, 0.15) is 0 Å². The number of pyridine rings is 1. The van der Waals surface area contributed by atoms with Gasteiger partial charge >= 0.3 is 0 Å². The summed E-state index contributed by atoms with van der Waals surface area (Å²) in [5.74, 6) is 1.56. The van der Waals surface area contributed by atoms with Gasteiger partial charge in [-0.05, 0) is 43.4 Å². The lowest BCUT2D eigenvalue weighted by atomic mass is 9.92. The number of nitrogens with one attached hydrogen (secondary N) is 1. The van der Waals surface area contributed by atoms with E-state index >= 15 is 0 Å². The number of carbonyl (C=O) groups excluding carboxylic acids is 1. The van der Waals surface area contributed by atoms with Crippen LogP contribution in [0.25, 0.3) is 0 Å². The van der Waals surface area contributed by atoms with E-state index in [9.17, 15) is 4.79 Å². The minimum absolute atomic E-state index is 0.0292. The lowest BCUT2D eigenvalue weighted by Crippen LogP contribution is -2.40. The Kier molecular flexibility index (Phi) is 5.53. The molecule has 0 saturated carbocycles. The summed E-state index contributed by atoms with van der Waals surface area (Å²) in [7, 11) is 0. The Morgan fingerprint density at radius 3 is 2.80 bits per heavy atom. The first-order chi connectivity index (χ1) is 9.65. The zero-order valence-corrected chi connectivity index (χ0v) is 12.5. The molecule has 2 rings (SSSR count). The predicted octanol–water partition coefficient (Wildman–Crippen LogP) is 2.18. The van der Waals surface area contributed by atoms with Gasteiger partial charge in [0, 0.05) is 32.0 Å². The molecule has 0 aromatic carbocycles. The second-order valence-electron chi connectivity index (χ2n) is 6.06. The van der Waals surface area contributed by atoms with Crippen LogP contribution < -0.4 is 5.32 Å².